The number of carbonyl (C=O) groups excluding carboxylic acids is 4. The number of nitrogen functional groups attached to an aromatic ring is 1. The van der Waals surface area contributed by atoms with Crippen LogP contribution >= 0.6 is 0 Å². The Bertz CT molecular complexity index is 2340. The molecule has 0 spiro atoms. The summed E-state index contributed by atoms with van der Waals surface area (Å²) in [4.78, 5) is 65.4. The molecular formula is C40H37N9O5. The van der Waals surface area contributed by atoms with Crippen molar-refractivity contribution in [1.82, 2.24) is 34.9 Å². The van der Waals surface area contributed by atoms with E-state index in [1.54, 1.807) is 12.1 Å². The van der Waals surface area contributed by atoms with E-state index < -0.39 is 29.7 Å². The predicted octanol–water partition coefficient (Wildman–Crippen LogP) is 4.04. The number of imide groups is 2. The molecule has 3 saturated heterocycles. The zero-order valence-electron chi connectivity index (χ0n) is 29.3. The Morgan fingerprint density at radius 1 is 0.778 bits per heavy atom. The van der Waals surface area contributed by atoms with Crippen LogP contribution in [0.25, 0.3) is 22.3 Å². The predicted molar refractivity (Wildman–Crippen MR) is 198 cm³/mol. The number of nitrogens with zero attached hydrogens (tertiary/aromatic N) is 7. The minimum atomic E-state index is -0.972. The van der Waals surface area contributed by atoms with Gasteiger partial charge in [-0.05, 0) is 85.7 Å². The molecule has 0 bridgehead atoms. The first kappa shape index (κ1) is 32.5. The van der Waals surface area contributed by atoms with Gasteiger partial charge in [-0.25, -0.2) is 14.6 Å². The number of aromatic nitrogens is 4. The van der Waals surface area contributed by atoms with Gasteiger partial charge < -0.3 is 15.4 Å². The smallest absolute Gasteiger partial charge is 0.262 e. The van der Waals surface area contributed by atoms with Gasteiger partial charge in [0.25, 0.3) is 11.8 Å². The molecule has 3 N–H and O–H groups in total. The summed E-state index contributed by atoms with van der Waals surface area (Å²) in [5, 5.41) is 8.15. The van der Waals surface area contributed by atoms with Crippen molar-refractivity contribution in [1.29, 1.82) is 0 Å². The highest BCUT2D eigenvalue weighted by Crippen LogP contribution is 2.47. The van der Waals surface area contributed by atoms with Crippen LogP contribution in [0.1, 0.15) is 52.4 Å². The molecule has 4 fully saturated rings. The van der Waals surface area contributed by atoms with E-state index in [0.29, 0.717) is 34.8 Å². The van der Waals surface area contributed by atoms with E-state index >= 15 is 0 Å². The Morgan fingerprint density at radius 3 is 2.24 bits per heavy atom. The quantitative estimate of drug-likeness (QED) is 0.233. The van der Waals surface area contributed by atoms with Crippen LogP contribution in [0.15, 0.2) is 79.1 Å². The zero-order chi connectivity index (χ0) is 36.7. The molecule has 4 atom stereocenters. The summed E-state index contributed by atoms with van der Waals surface area (Å²) < 4.78 is 8.08. The lowest BCUT2D eigenvalue weighted by Gasteiger charge is -2.46. The Balaban J connectivity index is 0.792. The van der Waals surface area contributed by atoms with Crippen LogP contribution in [0.3, 0.4) is 0 Å². The van der Waals surface area contributed by atoms with Crippen LogP contribution in [-0.4, -0.2) is 91.4 Å². The molecule has 3 aromatic carbocycles. The molecule has 14 nitrogen and oxygen atoms in total. The number of benzene rings is 3. The molecule has 0 radical (unpaired) electrons. The first-order valence-electron chi connectivity index (χ1n) is 18.5. The van der Waals surface area contributed by atoms with Gasteiger partial charge in [-0.1, -0.05) is 18.2 Å². The molecule has 4 amide bonds. The fourth-order valence-corrected chi connectivity index (χ4v) is 9.11. The summed E-state index contributed by atoms with van der Waals surface area (Å²) in [5.41, 5.74) is 10.4. The van der Waals surface area contributed by atoms with E-state index in [-0.39, 0.29) is 18.9 Å². The third-order valence-corrected chi connectivity index (χ3v) is 11.9. The third kappa shape index (κ3) is 5.31. The average Bonchev–Trinajstić information content (AvgIpc) is 3.90. The highest BCUT2D eigenvalue weighted by molar-refractivity contribution is 6.23. The molecule has 2 aromatic heterocycles. The van der Waals surface area contributed by atoms with Crippen molar-refractivity contribution in [2.45, 2.75) is 43.8 Å². The van der Waals surface area contributed by atoms with Crippen LogP contribution in [0.4, 0.5) is 11.5 Å². The number of rotatable bonds is 7. The number of fused-ring (bicyclic) bond motifs is 3. The number of anilines is 2. The lowest BCUT2D eigenvalue weighted by atomic mass is 10.0. The maximum absolute atomic E-state index is 13.3. The number of nitrogens with one attached hydrogen (secondary N) is 1. The number of nitrogens with two attached hydrogens (primary N) is 1. The van der Waals surface area contributed by atoms with Gasteiger partial charge in [0, 0.05) is 49.9 Å². The van der Waals surface area contributed by atoms with E-state index in [1.165, 1.54) is 6.33 Å². The number of piperidine rings is 1. The largest absolute Gasteiger partial charge is 0.457 e. The van der Waals surface area contributed by atoms with Gasteiger partial charge in [0.15, 0.2) is 5.65 Å². The van der Waals surface area contributed by atoms with Gasteiger partial charge in [0.05, 0.1) is 22.6 Å². The van der Waals surface area contributed by atoms with Crippen molar-refractivity contribution in [2.75, 3.05) is 36.8 Å². The SMILES string of the molecule is Nc1ncnc2c1c(-c1ccc(Oc3ccccc3)cc1)nn2C1C[C@@H]2CN(C3CN(c4ccc5c(c4)C(=O)N(C4CCC(=O)NC4=O)C5=O)C3)C[C@@H]2C1. The maximum atomic E-state index is 13.3. The molecule has 54 heavy (non-hydrogen) atoms. The van der Waals surface area contributed by atoms with E-state index in [9.17, 15) is 19.2 Å². The molecule has 5 aliphatic rings. The second-order valence-corrected chi connectivity index (χ2v) is 15.0. The standard InChI is InChI=1S/C40H37N9O5/c41-36-34-35(22-6-9-29(10-7-22)54-28-4-2-1-3-5-28)45-49(37(34)43-21-42-36)26-14-23-17-46(18-24(23)15-26)27-19-47(20-27)25-8-11-30-31(16-25)40(53)48(39(30)52)32-12-13-33(50)44-38(32)51/h1-11,16,21,23-24,26-27,32H,12-15,17-20H2,(H2,41,42,43)(H,44,50,51)/t23-,24+,26?,32?. The molecule has 10 rings (SSSR count). The minimum Gasteiger partial charge on any atom is -0.457 e. The molecule has 1 aliphatic carbocycles. The third-order valence-electron chi connectivity index (χ3n) is 11.9. The van der Waals surface area contributed by atoms with Crippen LogP contribution in [0, 0.1) is 11.8 Å². The summed E-state index contributed by atoms with van der Waals surface area (Å²) in [6.45, 7) is 3.70. The van der Waals surface area contributed by atoms with Gasteiger partial charge in [-0.3, -0.25) is 34.3 Å². The summed E-state index contributed by atoms with van der Waals surface area (Å²) in [5.74, 6) is 1.04. The summed E-state index contributed by atoms with van der Waals surface area (Å²) >= 11 is 0. The van der Waals surface area contributed by atoms with E-state index in [2.05, 4.69) is 29.8 Å². The highest BCUT2D eigenvalue weighted by Gasteiger charge is 2.48. The molecular weight excluding hydrogens is 686 g/mol. The molecule has 6 heterocycles. The van der Waals surface area contributed by atoms with E-state index in [4.69, 9.17) is 15.6 Å². The van der Waals surface area contributed by atoms with Crippen molar-refractivity contribution in [3.8, 4) is 22.8 Å². The van der Waals surface area contributed by atoms with Crippen molar-refractivity contribution >= 4 is 46.2 Å². The lowest BCUT2D eigenvalue weighted by Crippen LogP contribution is -2.59. The molecule has 2 unspecified atom stereocenters. The Morgan fingerprint density at radius 2 is 1.50 bits per heavy atom. The van der Waals surface area contributed by atoms with Crippen molar-refractivity contribution in [3.05, 3.63) is 90.3 Å². The molecule has 5 aromatic rings. The lowest BCUT2D eigenvalue weighted by molar-refractivity contribution is -0.136. The molecule has 272 valence electrons. The topological polar surface area (TPSA) is 169 Å². The minimum absolute atomic E-state index is 0.0931. The van der Waals surface area contributed by atoms with Gasteiger partial charge in [-0.15, -0.1) is 0 Å². The zero-order valence-corrected chi connectivity index (χ0v) is 29.3. The van der Waals surface area contributed by atoms with Gasteiger partial charge >= 0.3 is 0 Å². The number of para-hydroxylation sites is 1. The van der Waals surface area contributed by atoms with Crippen molar-refractivity contribution in [2.24, 2.45) is 11.8 Å². The maximum Gasteiger partial charge on any atom is 0.262 e. The van der Waals surface area contributed by atoms with Crippen LogP contribution in [-0.2, 0) is 9.59 Å². The fourth-order valence-electron chi connectivity index (χ4n) is 9.11. The van der Waals surface area contributed by atoms with Crippen LogP contribution in [0.5, 0.6) is 11.5 Å². The van der Waals surface area contributed by atoms with Crippen LogP contribution < -0.4 is 20.7 Å². The van der Waals surface area contributed by atoms with Crippen LogP contribution in [0.2, 0.25) is 0 Å². The van der Waals surface area contributed by atoms with Gasteiger partial charge in [-0.2, -0.15) is 5.10 Å². The average molecular weight is 724 g/mol. The van der Waals surface area contributed by atoms with Crippen molar-refractivity contribution < 1.29 is 23.9 Å². The second-order valence-electron chi connectivity index (χ2n) is 15.0. The number of likely N-dealkylation sites (tertiary alicyclic amines) is 1. The van der Waals surface area contributed by atoms with E-state index in [1.807, 2.05) is 60.7 Å². The number of carbonyl (C=O) groups is 4. The van der Waals surface area contributed by atoms with Gasteiger partial charge in [0.1, 0.15) is 35.4 Å². The summed E-state index contributed by atoms with van der Waals surface area (Å²) in [6, 6.07) is 22.5. The first-order valence-corrected chi connectivity index (χ1v) is 18.5. The summed E-state index contributed by atoms with van der Waals surface area (Å²) in [7, 11) is 0. The number of hydrogen-bond donors (Lipinski definition) is 2. The van der Waals surface area contributed by atoms with E-state index in [0.717, 1.165) is 83.4 Å². The number of hydrogen-bond acceptors (Lipinski definition) is 11. The number of amides is 4. The first-order chi connectivity index (χ1) is 26.3. The normalized spacial score (nSPS) is 24.2. The Kier molecular flexibility index (Phi) is 7.51. The Labute approximate surface area is 309 Å². The molecule has 14 heteroatoms. The van der Waals surface area contributed by atoms with Crippen molar-refractivity contribution in [3.63, 3.8) is 0 Å². The second kappa shape index (κ2) is 12.5. The van der Waals surface area contributed by atoms with Gasteiger partial charge in [0.2, 0.25) is 11.8 Å². The highest BCUT2D eigenvalue weighted by atomic mass is 16.5. The summed E-state index contributed by atoms with van der Waals surface area (Å²) in [6.07, 6.45) is 3.76. The molecule has 1 saturated carbocycles. The molecule has 4 aliphatic heterocycles. The monoisotopic (exact) mass is 723 g/mol. The Hall–Kier alpha value is -6.15. The number of ether oxygens (including phenoxy) is 1. The fraction of sp³-hybridized carbons (Fsp3) is 0.325.